The highest BCUT2D eigenvalue weighted by atomic mass is 16.2. The predicted molar refractivity (Wildman–Crippen MR) is 95.0 cm³/mol. The van der Waals surface area contributed by atoms with E-state index in [2.05, 4.69) is 21.4 Å². The molecule has 132 valence electrons. The lowest BCUT2D eigenvalue weighted by atomic mass is 9.86. The SMILES string of the molecule is Cc1cnc(C2CC2)n1C1CCCN(C(=O)CC2CCCCC2)C1. The highest BCUT2D eigenvalue weighted by Gasteiger charge is 2.33. The smallest absolute Gasteiger partial charge is 0.222 e. The summed E-state index contributed by atoms with van der Waals surface area (Å²) in [6.07, 6.45) is 14.2. The summed E-state index contributed by atoms with van der Waals surface area (Å²) in [6.45, 7) is 4.01. The van der Waals surface area contributed by atoms with Gasteiger partial charge in [0, 0.05) is 37.3 Å². The number of amides is 1. The van der Waals surface area contributed by atoms with Gasteiger partial charge in [0.15, 0.2) is 0 Å². The minimum atomic E-state index is 0.400. The summed E-state index contributed by atoms with van der Waals surface area (Å²) < 4.78 is 2.46. The summed E-state index contributed by atoms with van der Waals surface area (Å²) in [6, 6.07) is 0.437. The molecule has 3 aliphatic rings. The fourth-order valence-corrected chi connectivity index (χ4v) is 4.74. The zero-order chi connectivity index (χ0) is 16.5. The van der Waals surface area contributed by atoms with Gasteiger partial charge in [-0.1, -0.05) is 19.3 Å². The number of hydrogen-bond acceptors (Lipinski definition) is 2. The maximum Gasteiger partial charge on any atom is 0.222 e. The van der Waals surface area contributed by atoms with Crippen LogP contribution in [0.15, 0.2) is 6.20 Å². The topological polar surface area (TPSA) is 38.1 Å². The van der Waals surface area contributed by atoms with Crippen molar-refractivity contribution in [3.8, 4) is 0 Å². The summed E-state index contributed by atoms with van der Waals surface area (Å²) in [4.78, 5) is 19.6. The Hall–Kier alpha value is -1.32. The van der Waals surface area contributed by atoms with Crippen LogP contribution >= 0.6 is 0 Å². The van der Waals surface area contributed by atoms with E-state index in [4.69, 9.17) is 0 Å². The van der Waals surface area contributed by atoms with Gasteiger partial charge in [-0.25, -0.2) is 4.98 Å². The second-order valence-corrected chi connectivity index (χ2v) is 8.25. The van der Waals surface area contributed by atoms with Crippen molar-refractivity contribution < 1.29 is 4.79 Å². The molecule has 2 aliphatic carbocycles. The Morgan fingerprint density at radius 2 is 1.92 bits per heavy atom. The fraction of sp³-hybridized carbons (Fsp3) is 0.800. The number of aromatic nitrogens is 2. The van der Waals surface area contributed by atoms with Crippen LogP contribution in [0.2, 0.25) is 0 Å². The van der Waals surface area contributed by atoms with Crippen LogP contribution < -0.4 is 0 Å². The first-order valence-corrected chi connectivity index (χ1v) is 10.0. The van der Waals surface area contributed by atoms with Gasteiger partial charge in [-0.3, -0.25) is 4.79 Å². The van der Waals surface area contributed by atoms with Crippen molar-refractivity contribution in [2.24, 2.45) is 5.92 Å². The third kappa shape index (κ3) is 3.38. The molecule has 0 bridgehead atoms. The second-order valence-electron chi connectivity index (χ2n) is 8.25. The van der Waals surface area contributed by atoms with E-state index in [1.54, 1.807) is 0 Å². The van der Waals surface area contributed by atoms with Gasteiger partial charge in [-0.2, -0.15) is 0 Å². The van der Waals surface area contributed by atoms with Gasteiger partial charge in [0.25, 0.3) is 0 Å². The van der Waals surface area contributed by atoms with Gasteiger partial charge >= 0.3 is 0 Å². The van der Waals surface area contributed by atoms with Crippen molar-refractivity contribution in [1.29, 1.82) is 0 Å². The highest BCUT2D eigenvalue weighted by Crippen LogP contribution is 2.41. The first kappa shape index (κ1) is 16.2. The van der Waals surface area contributed by atoms with Crippen LogP contribution in [-0.4, -0.2) is 33.4 Å². The summed E-state index contributed by atoms with van der Waals surface area (Å²) >= 11 is 0. The molecule has 4 nitrogen and oxygen atoms in total. The summed E-state index contributed by atoms with van der Waals surface area (Å²) in [5, 5.41) is 0. The van der Waals surface area contributed by atoms with Crippen molar-refractivity contribution in [1.82, 2.24) is 14.5 Å². The quantitative estimate of drug-likeness (QED) is 0.830. The number of aryl methyl sites for hydroxylation is 1. The third-order valence-electron chi connectivity index (χ3n) is 6.26. The molecule has 0 spiro atoms. The molecule has 2 saturated carbocycles. The van der Waals surface area contributed by atoms with E-state index in [1.807, 2.05) is 6.20 Å². The Bertz CT molecular complexity index is 584. The number of imidazole rings is 1. The zero-order valence-electron chi connectivity index (χ0n) is 15.0. The lowest BCUT2D eigenvalue weighted by molar-refractivity contribution is -0.134. The number of carbonyl (C=O) groups excluding carboxylic acids is 1. The summed E-state index contributed by atoms with van der Waals surface area (Å²) in [5.74, 6) is 2.99. The lowest BCUT2D eigenvalue weighted by Crippen LogP contribution is -2.41. The van der Waals surface area contributed by atoms with Crippen molar-refractivity contribution in [2.45, 2.75) is 83.1 Å². The van der Waals surface area contributed by atoms with Crippen molar-refractivity contribution in [3.63, 3.8) is 0 Å². The van der Waals surface area contributed by atoms with E-state index in [0.717, 1.165) is 25.9 Å². The van der Waals surface area contributed by atoms with Crippen LogP contribution in [-0.2, 0) is 4.79 Å². The van der Waals surface area contributed by atoms with Crippen molar-refractivity contribution >= 4 is 5.91 Å². The van der Waals surface area contributed by atoms with Crippen molar-refractivity contribution in [2.75, 3.05) is 13.1 Å². The van der Waals surface area contributed by atoms with E-state index in [1.165, 1.54) is 62.9 Å². The molecule has 4 rings (SSSR count). The van der Waals surface area contributed by atoms with E-state index < -0.39 is 0 Å². The molecule has 0 aromatic carbocycles. The molecule has 24 heavy (non-hydrogen) atoms. The van der Waals surface area contributed by atoms with Gasteiger partial charge < -0.3 is 9.47 Å². The fourth-order valence-electron chi connectivity index (χ4n) is 4.74. The number of rotatable bonds is 4. The van der Waals surface area contributed by atoms with E-state index in [-0.39, 0.29) is 0 Å². The lowest BCUT2D eigenvalue weighted by Gasteiger charge is -2.36. The predicted octanol–water partition coefficient (Wildman–Crippen LogP) is 4.20. The summed E-state index contributed by atoms with van der Waals surface area (Å²) in [7, 11) is 0. The van der Waals surface area contributed by atoms with E-state index in [0.29, 0.717) is 23.8 Å². The van der Waals surface area contributed by atoms with Gasteiger partial charge in [0.1, 0.15) is 5.82 Å². The molecule has 1 aromatic rings. The number of likely N-dealkylation sites (tertiary alicyclic amines) is 1. The molecule has 3 fully saturated rings. The van der Waals surface area contributed by atoms with Crippen LogP contribution in [0.1, 0.15) is 87.7 Å². The average Bonchev–Trinajstić information content (AvgIpc) is 3.38. The highest BCUT2D eigenvalue weighted by molar-refractivity contribution is 5.76. The minimum Gasteiger partial charge on any atom is -0.341 e. The molecule has 0 radical (unpaired) electrons. The minimum absolute atomic E-state index is 0.400. The number of carbonyl (C=O) groups is 1. The number of nitrogens with zero attached hydrogens (tertiary/aromatic N) is 3. The maximum atomic E-state index is 12.8. The number of piperidine rings is 1. The van der Waals surface area contributed by atoms with Crippen LogP contribution in [0, 0.1) is 12.8 Å². The third-order valence-corrected chi connectivity index (χ3v) is 6.26. The first-order valence-electron chi connectivity index (χ1n) is 10.0. The standard InChI is InChI=1S/C20H31N3O/c1-15-13-21-20(17-9-10-17)23(15)18-8-5-11-22(14-18)19(24)12-16-6-3-2-4-7-16/h13,16-18H,2-12,14H2,1H3. The zero-order valence-corrected chi connectivity index (χ0v) is 15.0. The Labute approximate surface area is 145 Å². The van der Waals surface area contributed by atoms with Gasteiger partial charge in [0.2, 0.25) is 5.91 Å². The second kappa shape index (κ2) is 6.89. The van der Waals surface area contributed by atoms with Crippen LogP contribution in [0.3, 0.4) is 0 Å². The van der Waals surface area contributed by atoms with Crippen LogP contribution in [0.25, 0.3) is 0 Å². The molecular weight excluding hydrogens is 298 g/mol. The molecule has 0 N–H and O–H groups in total. The average molecular weight is 329 g/mol. The van der Waals surface area contributed by atoms with Gasteiger partial charge in [0.05, 0.1) is 6.04 Å². The van der Waals surface area contributed by atoms with E-state index >= 15 is 0 Å². The maximum absolute atomic E-state index is 12.8. The molecule has 1 amide bonds. The molecule has 1 atom stereocenters. The summed E-state index contributed by atoms with van der Waals surface area (Å²) in [5.41, 5.74) is 1.27. The Kier molecular flexibility index (Phi) is 4.64. The van der Waals surface area contributed by atoms with E-state index in [9.17, 15) is 4.79 Å². The van der Waals surface area contributed by atoms with Gasteiger partial charge in [-0.15, -0.1) is 0 Å². The molecule has 1 unspecified atom stereocenters. The molecule has 2 heterocycles. The van der Waals surface area contributed by atoms with Crippen LogP contribution in [0.5, 0.6) is 0 Å². The normalized spacial score (nSPS) is 25.9. The Balaban J connectivity index is 1.42. The Morgan fingerprint density at radius 1 is 1.12 bits per heavy atom. The van der Waals surface area contributed by atoms with Crippen molar-refractivity contribution in [3.05, 3.63) is 17.7 Å². The molecule has 1 aliphatic heterocycles. The molecular formula is C20H31N3O. The Morgan fingerprint density at radius 3 is 2.67 bits per heavy atom. The molecule has 4 heteroatoms. The molecule has 1 saturated heterocycles. The van der Waals surface area contributed by atoms with Gasteiger partial charge in [-0.05, 0) is 51.4 Å². The molecule has 1 aromatic heterocycles. The number of hydrogen-bond donors (Lipinski definition) is 0. The first-order chi connectivity index (χ1) is 11.7. The van der Waals surface area contributed by atoms with Crippen LogP contribution in [0.4, 0.5) is 0 Å². The monoisotopic (exact) mass is 329 g/mol. The largest absolute Gasteiger partial charge is 0.341 e.